The zero-order valence-corrected chi connectivity index (χ0v) is 14.1. The number of aromatic hydroxyl groups is 1. The highest BCUT2D eigenvalue weighted by atomic mass is 16.5. The molecule has 1 amide bonds. The smallest absolute Gasteiger partial charge is 0.310 e. The van der Waals surface area contributed by atoms with E-state index in [2.05, 4.69) is 5.32 Å². The largest absolute Gasteiger partial charge is 0.508 e. The summed E-state index contributed by atoms with van der Waals surface area (Å²) in [5.74, 6) is -0.323. The lowest BCUT2D eigenvalue weighted by molar-refractivity contribution is -0.139. The van der Waals surface area contributed by atoms with Gasteiger partial charge >= 0.3 is 5.97 Å². The van der Waals surface area contributed by atoms with Crippen molar-refractivity contribution in [2.45, 2.75) is 31.7 Å². The summed E-state index contributed by atoms with van der Waals surface area (Å²) >= 11 is 0. The zero-order valence-electron chi connectivity index (χ0n) is 14.1. The van der Waals surface area contributed by atoms with E-state index in [1.165, 1.54) is 7.11 Å². The molecule has 2 aromatic rings. The van der Waals surface area contributed by atoms with E-state index in [0.29, 0.717) is 11.1 Å². The molecule has 1 aliphatic carbocycles. The lowest BCUT2D eigenvalue weighted by atomic mass is 9.87. The van der Waals surface area contributed by atoms with Gasteiger partial charge in [0.15, 0.2) is 0 Å². The summed E-state index contributed by atoms with van der Waals surface area (Å²) < 4.78 is 4.70. The molecule has 0 unspecified atom stereocenters. The van der Waals surface area contributed by atoms with Gasteiger partial charge in [-0.15, -0.1) is 0 Å². The third-order valence-corrected chi connectivity index (χ3v) is 4.61. The summed E-state index contributed by atoms with van der Waals surface area (Å²) in [6.07, 6.45) is 2.59. The number of carbonyl (C=O) groups excluding carboxylic acids is 2. The fourth-order valence-corrected chi connectivity index (χ4v) is 3.34. The molecule has 0 aromatic heterocycles. The highest BCUT2D eigenvalue weighted by Gasteiger charge is 2.25. The Balaban J connectivity index is 1.83. The molecule has 0 bridgehead atoms. The summed E-state index contributed by atoms with van der Waals surface area (Å²) in [6.45, 7) is 0. The SMILES string of the molecule is COC(=O)Cc1ccccc1C(=O)N[C@H]1CCCc2c(O)cccc21. The van der Waals surface area contributed by atoms with Crippen molar-refractivity contribution < 1.29 is 19.4 Å². The van der Waals surface area contributed by atoms with Gasteiger partial charge in [0.2, 0.25) is 0 Å². The Hall–Kier alpha value is -2.82. The second-order valence-electron chi connectivity index (χ2n) is 6.17. The van der Waals surface area contributed by atoms with Crippen LogP contribution in [0.25, 0.3) is 0 Å². The second-order valence-corrected chi connectivity index (χ2v) is 6.17. The minimum Gasteiger partial charge on any atom is -0.508 e. The van der Waals surface area contributed by atoms with Crippen LogP contribution in [0, 0.1) is 0 Å². The third-order valence-electron chi connectivity index (χ3n) is 4.61. The highest BCUT2D eigenvalue weighted by molar-refractivity contribution is 5.97. The van der Waals surface area contributed by atoms with Crippen LogP contribution in [0.2, 0.25) is 0 Å². The van der Waals surface area contributed by atoms with Gasteiger partial charge in [0.25, 0.3) is 5.91 Å². The number of esters is 1. The molecule has 5 heteroatoms. The summed E-state index contributed by atoms with van der Waals surface area (Å²) in [5, 5.41) is 13.1. The van der Waals surface area contributed by atoms with Crippen molar-refractivity contribution in [3.05, 3.63) is 64.7 Å². The molecule has 1 aliphatic rings. The van der Waals surface area contributed by atoms with Gasteiger partial charge in [-0.2, -0.15) is 0 Å². The highest BCUT2D eigenvalue weighted by Crippen LogP contribution is 2.34. The Morgan fingerprint density at radius 3 is 2.80 bits per heavy atom. The maximum Gasteiger partial charge on any atom is 0.310 e. The number of fused-ring (bicyclic) bond motifs is 1. The number of hydrogen-bond donors (Lipinski definition) is 2. The van der Waals surface area contributed by atoms with Crippen LogP contribution >= 0.6 is 0 Å². The van der Waals surface area contributed by atoms with E-state index in [-0.39, 0.29) is 30.1 Å². The van der Waals surface area contributed by atoms with Crippen LogP contribution in [0.3, 0.4) is 0 Å². The van der Waals surface area contributed by atoms with Gasteiger partial charge in [0.1, 0.15) is 5.75 Å². The number of nitrogens with one attached hydrogen (secondary N) is 1. The Morgan fingerprint density at radius 2 is 2.00 bits per heavy atom. The van der Waals surface area contributed by atoms with Crippen molar-refractivity contribution in [3.63, 3.8) is 0 Å². The average Bonchev–Trinajstić information content (AvgIpc) is 2.63. The Morgan fingerprint density at radius 1 is 1.20 bits per heavy atom. The molecule has 0 heterocycles. The molecule has 5 nitrogen and oxygen atoms in total. The van der Waals surface area contributed by atoms with E-state index in [0.717, 1.165) is 30.4 Å². The first-order valence-electron chi connectivity index (χ1n) is 8.36. The minimum absolute atomic E-state index is 0.0577. The fraction of sp³-hybridized carbons (Fsp3) is 0.300. The Labute approximate surface area is 146 Å². The van der Waals surface area contributed by atoms with Crippen LogP contribution in [0.4, 0.5) is 0 Å². The molecule has 0 saturated carbocycles. The first-order chi connectivity index (χ1) is 12.1. The van der Waals surface area contributed by atoms with Gasteiger partial charge in [-0.3, -0.25) is 9.59 Å². The topological polar surface area (TPSA) is 75.6 Å². The lowest BCUT2D eigenvalue weighted by Gasteiger charge is -2.27. The summed E-state index contributed by atoms with van der Waals surface area (Å²) in [7, 11) is 1.33. The molecule has 0 fully saturated rings. The number of ether oxygens (including phenoxy) is 1. The Kier molecular flexibility index (Phi) is 5.03. The number of amides is 1. The summed E-state index contributed by atoms with van der Waals surface area (Å²) in [4.78, 5) is 24.3. The van der Waals surface area contributed by atoms with E-state index in [4.69, 9.17) is 4.74 Å². The van der Waals surface area contributed by atoms with Crippen LogP contribution in [0.5, 0.6) is 5.75 Å². The van der Waals surface area contributed by atoms with Crippen molar-refractivity contribution in [3.8, 4) is 5.75 Å². The van der Waals surface area contributed by atoms with Crippen molar-refractivity contribution in [2.75, 3.05) is 7.11 Å². The van der Waals surface area contributed by atoms with Gasteiger partial charge in [-0.1, -0.05) is 30.3 Å². The summed E-state index contributed by atoms with van der Waals surface area (Å²) in [6, 6.07) is 12.3. The molecule has 130 valence electrons. The molecular weight excluding hydrogens is 318 g/mol. The number of benzene rings is 2. The second kappa shape index (κ2) is 7.38. The van der Waals surface area contributed by atoms with E-state index in [9.17, 15) is 14.7 Å². The monoisotopic (exact) mass is 339 g/mol. The molecule has 0 radical (unpaired) electrons. The predicted molar refractivity (Wildman–Crippen MR) is 93.4 cm³/mol. The van der Waals surface area contributed by atoms with E-state index in [1.54, 1.807) is 36.4 Å². The molecule has 0 spiro atoms. The first-order valence-corrected chi connectivity index (χ1v) is 8.36. The minimum atomic E-state index is -0.381. The van der Waals surface area contributed by atoms with Crippen LogP contribution < -0.4 is 5.32 Å². The Bertz CT molecular complexity index is 800. The molecule has 3 rings (SSSR count). The quantitative estimate of drug-likeness (QED) is 0.840. The predicted octanol–water partition coefficient (Wildman–Crippen LogP) is 2.92. The zero-order chi connectivity index (χ0) is 17.8. The van der Waals surface area contributed by atoms with Gasteiger partial charge in [0, 0.05) is 5.56 Å². The third kappa shape index (κ3) is 3.65. The van der Waals surface area contributed by atoms with Crippen molar-refractivity contribution in [1.82, 2.24) is 5.32 Å². The van der Waals surface area contributed by atoms with Crippen LogP contribution in [-0.2, 0) is 22.4 Å². The number of phenolic OH excluding ortho intramolecular Hbond substituents is 1. The molecule has 2 aromatic carbocycles. The maximum atomic E-state index is 12.8. The number of hydrogen-bond acceptors (Lipinski definition) is 4. The number of phenols is 1. The normalized spacial score (nSPS) is 16.0. The average molecular weight is 339 g/mol. The van der Waals surface area contributed by atoms with Gasteiger partial charge in [0.05, 0.1) is 19.6 Å². The van der Waals surface area contributed by atoms with Crippen LogP contribution in [-0.4, -0.2) is 24.1 Å². The first kappa shape index (κ1) is 17.0. The van der Waals surface area contributed by atoms with Crippen molar-refractivity contribution >= 4 is 11.9 Å². The lowest BCUT2D eigenvalue weighted by Crippen LogP contribution is -2.31. The molecule has 1 atom stereocenters. The number of rotatable bonds is 4. The number of carbonyl (C=O) groups is 2. The standard InChI is InChI=1S/C20H21NO4/c1-25-19(23)12-13-6-2-3-7-14(13)20(24)21-17-10-4-9-16-15(17)8-5-11-18(16)22/h2-3,5-8,11,17,22H,4,9-10,12H2,1H3,(H,21,24)/t17-/m0/s1. The molecule has 0 saturated heterocycles. The van der Waals surface area contributed by atoms with Crippen molar-refractivity contribution in [1.29, 1.82) is 0 Å². The maximum absolute atomic E-state index is 12.8. The van der Waals surface area contributed by atoms with E-state index >= 15 is 0 Å². The van der Waals surface area contributed by atoms with Crippen molar-refractivity contribution in [2.24, 2.45) is 0 Å². The molecular formula is C20H21NO4. The molecule has 25 heavy (non-hydrogen) atoms. The van der Waals surface area contributed by atoms with E-state index in [1.807, 2.05) is 6.07 Å². The fourth-order valence-electron chi connectivity index (χ4n) is 3.34. The van der Waals surface area contributed by atoms with E-state index < -0.39 is 0 Å². The van der Waals surface area contributed by atoms with Gasteiger partial charge in [-0.05, 0) is 48.1 Å². The molecule has 0 aliphatic heterocycles. The molecule has 2 N–H and O–H groups in total. The van der Waals surface area contributed by atoms with Crippen LogP contribution in [0.15, 0.2) is 42.5 Å². The van der Waals surface area contributed by atoms with Crippen LogP contribution in [0.1, 0.15) is 45.9 Å². The summed E-state index contributed by atoms with van der Waals surface area (Å²) in [5.41, 5.74) is 2.98. The van der Waals surface area contributed by atoms with Gasteiger partial charge in [-0.25, -0.2) is 0 Å². The number of methoxy groups -OCH3 is 1. The van der Waals surface area contributed by atoms with Gasteiger partial charge < -0.3 is 15.2 Å².